The van der Waals surface area contributed by atoms with Gasteiger partial charge in [-0.25, -0.2) is 14.8 Å². The largest absolute Gasteiger partial charge is 0.478 e. The summed E-state index contributed by atoms with van der Waals surface area (Å²) in [6, 6.07) is 9.05. The molecule has 0 amide bonds. The van der Waals surface area contributed by atoms with Gasteiger partial charge >= 0.3 is 5.97 Å². The van der Waals surface area contributed by atoms with Gasteiger partial charge in [0.25, 0.3) is 0 Å². The van der Waals surface area contributed by atoms with Gasteiger partial charge < -0.3 is 15.8 Å². The van der Waals surface area contributed by atoms with E-state index in [4.69, 9.17) is 10.8 Å². The van der Waals surface area contributed by atoms with Crippen molar-refractivity contribution in [2.45, 2.75) is 10.2 Å². The van der Waals surface area contributed by atoms with Crippen LogP contribution >= 0.6 is 11.8 Å². The average molecular weight is 286 g/mol. The van der Waals surface area contributed by atoms with Gasteiger partial charge in [0.1, 0.15) is 5.03 Å². The van der Waals surface area contributed by atoms with Gasteiger partial charge in [-0.3, -0.25) is 0 Å². The van der Waals surface area contributed by atoms with Gasteiger partial charge in [-0.05, 0) is 30.0 Å². The van der Waals surface area contributed by atoms with Crippen LogP contribution in [0.1, 0.15) is 10.4 Å². The molecule has 3 rings (SSSR count). The van der Waals surface area contributed by atoms with Crippen LogP contribution in [0.15, 0.2) is 46.7 Å². The molecule has 6 nitrogen and oxygen atoms in total. The second kappa shape index (κ2) is 4.86. The van der Waals surface area contributed by atoms with Gasteiger partial charge in [-0.15, -0.1) is 0 Å². The van der Waals surface area contributed by atoms with E-state index >= 15 is 0 Å². The van der Waals surface area contributed by atoms with E-state index in [9.17, 15) is 4.79 Å². The number of hydrogen-bond donors (Lipinski definition) is 3. The fourth-order valence-electron chi connectivity index (χ4n) is 1.74. The van der Waals surface area contributed by atoms with E-state index in [0.717, 1.165) is 11.0 Å². The molecule has 0 aliphatic rings. The Balaban J connectivity index is 1.92. The van der Waals surface area contributed by atoms with E-state index < -0.39 is 5.97 Å². The molecule has 100 valence electrons. The zero-order valence-electron chi connectivity index (χ0n) is 10.2. The summed E-state index contributed by atoms with van der Waals surface area (Å²) in [6.07, 6.45) is 1.28. The van der Waals surface area contributed by atoms with Crippen molar-refractivity contribution >= 4 is 34.5 Å². The maximum Gasteiger partial charge on any atom is 0.337 e. The van der Waals surface area contributed by atoms with E-state index in [-0.39, 0.29) is 5.56 Å². The summed E-state index contributed by atoms with van der Waals surface area (Å²) in [5.74, 6) is -1.05. The lowest BCUT2D eigenvalue weighted by molar-refractivity contribution is 0.0696. The molecule has 7 heteroatoms. The number of aromatic carboxylic acids is 1. The second-order valence-corrected chi connectivity index (χ2v) is 5.06. The number of fused-ring (bicyclic) bond motifs is 1. The van der Waals surface area contributed by atoms with Crippen molar-refractivity contribution in [2.75, 3.05) is 5.73 Å². The first-order valence-electron chi connectivity index (χ1n) is 5.75. The standard InChI is InChI=1S/C13H10N4O2S/c14-8-5-7(12(18)19)6-15-11(8)20-13-16-9-3-1-2-4-10(9)17-13/h1-6H,14H2,(H,16,17)(H,18,19). The third-order valence-corrected chi connectivity index (χ3v) is 3.61. The summed E-state index contributed by atoms with van der Waals surface area (Å²) in [5.41, 5.74) is 7.98. The van der Waals surface area contributed by atoms with Crippen LogP contribution in [-0.2, 0) is 0 Å². The summed E-state index contributed by atoms with van der Waals surface area (Å²) in [4.78, 5) is 22.4. The summed E-state index contributed by atoms with van der Waals surface area (Å²) in [7, 11) is 0. The van der Waals surface area contributed by atoms with Crippen molar-refractivity contribution in [3.05, 3.63) is 42.1 Å². The topological polar surface area (TPSA) is 105 Å². The highest BCUT2D eigenvalue weighted by Gasteiger charge is 2.11. The van der Waals surface area contributed by atoms with Gasteiger partial charge in [0, 0.05) is 6.20 Å². The number of carboxylic acid groups (broad SMARTS) is 1. The molecule has 0 aliphatic heterocycles. The first-order valence-corrected chi connectivity index (χ1v) is 6.56. The number of imidazole rings is 1. The zero-order valence-corrected chi connectivity index (χ0v) is 11.0. The van der Waals surface area contributed by atoms with Gasteiger partial charge in [-0.2, -0.15) is 0 Å². The number of nitrogen functional groups attached to an aromatic ring is 1. The molecule has 0 atom stereocenters. The molecule has 2 aromatic heterocycles. The van der Waals surface area contributed by atoms with Crippen LogP contribution in [0.4, 0.5) is 5.69 Å². The highest BCUT2D eigenvalue weighted by atomic mass is 32.2. The molecule has 4 N–H and O–H groups in total. The number of carboxylic acids is 1. The number of anilines is 1. The molecule has 0 fully saturated rings. The van der Waals surface area contributed by atoms with Crippen molar-refractivity contribution in [1.82, 2.24) is 15.0 Å². The maximum atomic E-state index is 10.8. The Morgan fingerprint density at radius 3 is 2.85 bits per heavy atom. The fourth-order valence-corrected chi connectivity index (χ4v) is 2.51. The zero-order chi connectivity index (χ0) is 14.1. The lowest BCUT2D eigenvalue weighted by atomic mass is 10.3. The monoisotopic (exact) mass is 286 g/mol. The molecule has 0 aliphatic carbocycles. The smallest absolute Gasteiger partial charge is 0.337 e. The number of para-hydroxylation sites is 2. The molecule has 20 heavy (non-hydrogen) atoms. The SMILES string of the molecule is Nc1cc(C(=O)O)cnc1Sc1nc2ccccc2[nH]1. The normalized spacial score (nSPS) is 10.8. The number of nitrogens with one attached hydrogen (secondary N) is 1. The molecular formula is C13H10N4O2S. The van der Waals surface area contributed by atoms with Crippen LogP contribution < -0.4 is 5.73 Å². The number of rotatable bonds is 3. The number of H-pyrrole nitrogens is 1. The Morgan fingerprint density at radius 1 is 1.35 bits per heavy atom. The molecular weight excluding hydrogens is 276 g/mol. The van der Waals surface area contributed by atoms with E-state index in [1.807, 2.05) is 24.3 Å². The molecule has 0 bridgehead atoms. The van der Waals surface area contributed by atoms with Crippen LogP contribution in [-0.4, -0.2) is 26.0 Å². The number of benzene rings is 1. The van der Waals surface area contributed by atoms with Gasteiger partial charge in [0.05, 0.1) is 22.3 Å². The minimum Gasteiger partial charge on any atom is -0.478 e. The molecule has 3 aromatic rings. The summed E-state index contributed by atoms with van der Waals surface area (Å²) in [5, 5.41) is 10.0. The van der Waals surface area contributed by atoms with E-state index in [1.54, 1.807) is 0 Å². The molecule has 0 radical (unpaired) electrons. The van der Waals surface area contributed by atoms with Crippen molar-refractivity contribution in [2.24, 2.45) is 0 Å². The Morgan fingerprint density at radius 2 is 2.15 bits per heavy atom. The van der Waals surface area contributed by atoms with E-state index in [1.165, 1.54) is 24.0 Å². The van der Waals surface area contributed by atoms with Crippen LogP contribution in [0.2, 0.25) is 0 Å². The average Bonchev–Trinajstić information content (AvgIpc) is 2.83. The molecule has 2 heterocycles. The van der Waals surface area contributed by atoms with Crippen LogP contribution in [0.5, 0.6) is 0 Å². The Hall–Kier alpha value is -2.54. The number of pyridine rings is 1. The summed E-state index contributed by atoms with van der Waals surface area (Å²) in [6.45, 7) is 0. The first kappa shape index (κ1) is 12.5. The Kier molecular flexibility index (Phi) is 3.03. The summed E-state index contributed by atoms with van der Waals surface area (Å²) < 4.78 is 0. The Labute approximate surface area is 118 Å². The highest BCUT2D eigenvalue weighted by molar-refractivity contribution is 7.99. The molecule has 0 spiro atoms. The van der Waals surface area contributed by atoms with Crippen molar-refractivity contribution in [3.63, 3.8) is 0 Å². The van der Waals surface area contributed by atoms with Crippen LogP contribution in [0.3, 0.4) is 0 Å². The first-order chi connectivity index (χ1) is 9.63. The number of aromatic amines is 1. The summed E-state index contributed by atoms with van der Waals surface area (Å²) >= 11 is 1.26. The Bertz CT molecular complexity index is 767. The minimum absolute atomic E-state index is 0.0662. The van der Waals surface area contributed by atoms with Crippen molar-refractivity contribution in [3.8, 4) is 0 Å². The molecule has 0 saturated carbocycles. The third-order valence-electron chi connectivity index (χ3n) is 2.69. The van der Waals surface area contributed by atoms with Crippen molar-refractivity contribution < 1.29 is 9.90 Å². The third kappa shape index (κ3) is 2.30. The fraction of sp³-hybridized carbons (Fsp3) is 0. The van der Waals surface area contributed by atoms with E-state index in [0.29, 0.717) is 15.9 Å². The number of nitrogens with two attached hydrogens (primary N) is 1. The van der Waals surface area contributed by atoms with Gasteiger partial charge in [0.15, 0.2) is 5.16 Å². The number of carbonyl (C=O) groups is 1. The quantitative estimate of drug-likeness (QED) is 0.682. The maximum absolute atomic E-state index is 10.8. The van der Waals surface area contributed by atoms with E-state index in [2.05, 4.69) is 15.0 Å². The van der Waals surface area contributed by atoms with Gasteiger partial charge in [-0.1, -0.05) is 12.1 Å². The second-order valence-electron chi connectivity index (χ2n) is 4.08. The van der Waals surface area contributed by atoms with Gasteiger partial charge in [0.2, 0.25) is 0 Å². The molecule has 0 unspecified atom stereocenters. The van der Waals surface area contributed by atoms with Crippen molar-refractivity contribution in [1.29, 1.82) is 0 Å². The number of aromatic nitrogens is 3. The van der Waals surface area contributed by atoms with Crippen LogP contribution in [0.25, 0.3) is 11.0 Å². The lowest BCUT2D eigenvalue weighted by Crippen LogP contribution is -2.01. The lowest BCUT2D eigenvalue weighted by Gasteiger charge is -2.02. The molecule has 1 aromatic carbocycles. The number of nitrogens with zero attached hydrogens (tertiary/aromatic N) is 2. The molecule has 0 saturated heterocycles. The highest BCUT2D eigenvalue weighted by Crippen LogP contribution is 2.29. The number of hydrogen-bond acceptors (Lipinski definition) is 5. The predicted molar refractivity (Wildman–Crippen MR) is 75.8 cm³/mol. The minimum atomic E-state index is -1.05. The predicted octanol–water partition coefficient (Wildman–Crippen LogP) is 2.39. The van der Waals surface area contributed by atoms with Crippen LogP contribution in [0, 0.1) is 0 Å².